The maximum absolute atomic E-state index is 5.17. The molecule has 3 aromatic heterocycles. The highest BCUT2D eigenvalue weighted by Gasteiger charge is 2.41. The van der Waals surface area contributed by atoms with E-state index in [1.807, 2.05) is 0 Å². The molecule has 0 unspecified atom stereocenters. The minimum Gasteiger partial charge on any atom is -0.324 e. The number of imidazole rings is 1. The van der Waals surface area contributed by atoms with E-state index in [4.69, 9.17) is 4.98 Å². The third kappa shape index (κ3) is 3.73. The summed E-state index contributed by atoms with van der Waals surface area (Å²) in [4.78, 5) is 5.17. The largest absolute Gasteiger partial charge is 0.324 e. The maximum Gasteiger partial charge on any atom is 0.141 e. The van der Waals surface area contributed by atoms with Crippen molar-refractivity contribution < 1.29 is 0 Å². The van der Waals surface area contributed by atoms with Crippen molar-refractivity contribution in [3.63, 3.8) is 0 Å². The van der Waals surface area contributed by atoms with Crippen LogP contribution in [-0.4, -0.2) is 18.7 Å². The van der Waals surface area contributed by atoms with Crippen LogP contribution in [0.2, 0.25) is 0 Å². The summed E-state index contributed by atoms with van der Waals surface area (Å²) in [6.45, 7) is 7.88. The lowest BCUT2D eigenvalue weighted by Crippen LogP contribution is -2.15. The Labute approximate surface area is 301 Å². The summed E-state index contributed by atoms with van der Waals surface area (Å²) < 4.78 is 7.39. The van der Waals surface area contributed by atoms with Crippen molar-refractivity contribution in [2.75, 3.05) is 0 Å². The third-order valence-corrected chi connectivity index (χ3v) is 11.6. The fourth-order valence-corrected chi connectivity index (χ4v) is 9.47. The van der Waals surface area contributed by atoms with Crippen LogP contribution in [0.1, 0.15) is 31.9 Å². The molecule has 1 aliphatic rings. The van der Waals surface area contributed by atoms with E-state index in [2.05, 4.69) is 186 Å². The monoisotopic (exact) mass is 668 g/mol. The summed E-state index contributed by atoms with van der Waals surface area (Å²) in [6, 6.07) is 55.4. The van der Waals surface area contributed by atoms with Gasteiger partial charge in [-0.05, 0) is 72.1 Å². The second kappa shape index (κ2) is 10.6. The molecule has 0 amide bonds. The molecular weight excluding hydrogens is 633 g/mol. The smallest absolute Gasteiger partial charge is 0.141 e. The number of hydrogen-bond acceptors (Lipinski definition) is 1. The molecule has 1 aliphatic carbocycles. The van der Waals surface area contributed by atoms with Gasteiger partial charge in [-0.1, -0.05) is 117 Å². The number of nitrogens with zero attached hydrogens (tertiary/aromatic N) is 4. The van der Waals surface area contributed by atoms with Gasteiger partial charge in [0.25, 0.3) is 0 Å². The zero-order chi connectivity index (χ0) is 34.7. The van der Waals surface area contributed by atoms with Crippen LogP contribution in [-0.2, 0) is 12.0 Å². The second-order valence-electron chi connectivity index (χ2n) is 14.6. The van der Waals surface area contributed by atoms with Gasteiger partial charge in [-0.25, -0.2) is 4.98 Å². The molecule has 10 aromatic rings. The summed E-state index contributed by atoms with van der Waals surface area (Å²) in [5, 5.41) is 5.15. The van der Waals surface area contributed by atoms with Crippen LogP contribution >= 0.6 is 0 Å². The third-order valence-electron chi connectivity index (χ3n) is 11.6. The highest BCUT2D eigenvalue weighted by atomic mass is 15.1. The van der Waals surface area contributed by atoms with Crippen molar-refractivity contribution in [3.8, 4) is 33.9 Å². The molecule has 0 fully saturated rings. The van der Waals surface area contributed by atoms with Gasteiger partial charge in [-0.15, -0.1) is 0 Å². The number of aryl methyl sites for hydroxylation is 1. The van der Waals surface area contributed by atoms with Crippen LogP contribution in [0.5, 0.6) is 0 Å². The predicted octanol–water partition coefficient (Wildman–Crippen LogP) is 12.2. The summed E-state index contributed by atoms with van der Waals surface area (Å²) in [7, 11) is 0. The fourth-order valence-electron chi connectivity index (χ4n) is 9.47. The number of benzene rings is 7. The number of aromatic nitrogens is 4. The quantitative estimate of drug-likeness (QED) is 0.183. The minimum absolute atomic E-state index is 0.223. The summed E-state index contributed by atoms with van der Waals surface area (Å²) in [6.07, 6.45) is 0. The van der Waals surface area contributed by atoms with Gasteiger partial charge in [0.1, 0.15) is 5.82 Å². The number of para-hydroxylation sites is 5. The Kier molecular flexibility index (Phi) is 5.96. The molecule has 0 saturated heterocycles. The van der Waals surface area contributed by atoms with E-state index < -0.39 is 0 Å². The normalized spacial score (nSPS) is 13.5. The predicted molar refractivity (Wildman–Crippen MR) is 217 cm³/mol. The molecule has 0 N–H and O–H groups in total. The van der Waals surface area contributed by atoms with Gasteiger partial charge in [0.15, 0.2) is 0 Å². The van der Waals surface area contributed by atoms with Crippen molar-refractivity contribution in [2.24, 2.45) is 0 Å². The lowest BCUT2D eigenvalue weighted by Gasteiger charge is -2.23. The molecule has 0 atom stereocenters. The van der Waals surface area contributed by atoms with E-state index in [-0.39, 0.29) is 5.41 Å². The van der Waals surface area contributed by atoms with E-state index in [0.29, 0.717) is 0 Å². The van der Waals surface area contributed by atoms with E-state index in [0.717, 1.165) is 34.7 Å². The van der Waals surface area contributed by atoms with Crippen molar-refractivity contribution in [1.29, 1.82) is 0 Å². The van der Waals surface area contributed by atoms with Crippen LogP contribution in [0.4, 0.5) is 0 Å². The highest BCUT2D eigenvalue weighted by molar-refractivity contribution is 6.31. The van der Waals surface area contributed by atoms with E-state index >= 15 is 0 Å². The van der Waals surface area contributed by atoms with Crippen LogP contribution in [0.15, 0.2) is 152 Å². The Hall–Kier alpha value is -6.39. The van der Waals surface area contributed by atoms with E-state index in [1.165, 1.54) is 71.6 Å². The second-order valence-corrected chi connectivity index (χ2v) is 14.6. The van der Waals surface area contributed by atoms with Gasteiger partial charge in [0, 0.05) is 56.0 Å². The lowest BCUT2D eigenvalue weighted by atomic mass is 9.80. The zero-order valence-electron chi connectivity index (χ0n) is 29.4. The first kappa shape index (κ1) is 29.4. The summed E-state index contributed by atoms with van der Waals surface area (Å²) in [5.74, 6) is 0.995. The fraction of sp³-hybridized carbons (Fsp3) is 0.104. The molecule has 3 heterocycles. The minimum atomic E-state index is -0.223. The van der Waals surface area contributed by atoms with Gasteiger partial charge in [0.2, 0.25) is 0 Å². The van der Waals surface area contributed by atoms with Gasteiger partial charge >= 0.3 is 0 Å². The first-order valence-corrected chi connectivity index (χ1v) is 18.3. The van der Waals surface area contributed by atoms with Gasteiger partial charge in [0.05, 0.1) is 33.1 Å². The molecule has 52 heavy (non-hydrogen) atoms. The van der Waals surface area contributed by atoms with Crippen molar-refractivity contribution in [1.82, 2.24) is 18.7 Å². The number of rotatable bonds is 4. The molecule has 0 spiro atoms. The Balaban J connectivity index is 1.36. The van der Waals surface area contributed by atoms with Crippen molar-refractivity contribution in [3.05, 3.63) is 163 Å². The van der Waals surface area contributed by atoms with Gasteiger partial charge in [-0.2, -0.15) is 0 Å². The molecule has 0 saturated carbocycles. The zero-order valence-corrected chi connectivity index (χ0v) is 29.4. The average molecular weight is 669 g/mol. The lowest BCUT2D eigenvalue weighted by molar-refractivity contribution is 0.667. The summed E-state index contributed by atoms with van der Waals surface area (Å²) in [5.41, 5.74) is 15.7. The van der Waals surface area contributed by atoms with Gasteiger partial charge < -0.3 is 13.7 Å². The topological polar surface area (TPSA) is 27.7 Å². The van der Waals surface area contributed by atoms with Crippen LogP contribution < -0.4 is 0 Å². The van der Waals surface area contributed by atoms with Crippen molar-refractivity contribution >= 4 is 54.6 Å². The maximum atomic E-state index is 5.17. The van der Waals surface area contributed by atoms with Crippen LogP contribution in [0, 0.1) is 0 Å². The molecule has 7 aromatic carbocycles. The average Bonchev–Trinajstić information content (AvgIpc) is 3.90. The van der Waals surface area contributed by atoms with Crippen LogP contribution in [0.25, 0.3) is 88.5 Å². The van der Waals surface area contributed by atoms with E-state index in [1.54, 1.807) is 0 Å². The molecule has 4 nitrogen and oxygen atoms in total. The Morgan fingerprint density at radius 3 is 1.94 bits per heavy atom. The molecule has 0 bridgehead atoms. The Morgan fingerprint density at radius 2 is 1.17 bits per heavy atom. The molecule has 248 valence electrons. The standard InChI is InChI=1S/C48H36N4/c1-4-50-40-28-15-12-25-37(40)49-47(50)30-17-16-20-32(29-30)52-38-26-13-9-22-34(38)42-44-41(33-21-8-11-24-36(33)48(44,2)3)45-43(46(42)52)35-23-10-14-27-39(35)51(45)31-18-6-5-7-19-31/h5-29H,4H2,1-3H3. The number of hydrogen-bond donors (Lipinski definition) is 0. The van der Waals surface area contributed by atoms with Crippen molar-refractivity contribution in [2.45, 2.75) is 32.7 Å². The number of fused-ring (bicyclic) bond motifs is 13. The first-order chi connectivity index (χ1) is 25.6. The molecule has 0 aliphatic heterocycles. The summed E-state index contributed by atoms with van der Waals surface area (Å²) >= 11 is 0. The first-order valence-electron chi connectivity index (χ1n) is 18.3. The highest BCUT2D eigenvalue weighted by Crippen LogP contribution is 2.58. The van der Waals surface area contributed by atoms with Gasteiger partial charge in [-0.3, -0.25) is 0 Å². The molecule has 0 radical (unpaired) electrons. The van der Waals surface area contributed by atoms with Crippen LogP contribution in [0.3, 0.4) is 0 Å². The Bertz CT molecular complexity index is 3080. The van der Waals surface area contributed by atoms with E-state index in [9.17, 15) is 0 Å². The molecule has 4 heteroatoms. The molecular formula is C48H36N4. The SMILES string of the molecule is CCn1c(-c2cccc(-n3c4ccccc4c4c5c(c6c(c7ccccc7n6-c6ccccc6)c43)-c3ccccc3C5(C)C)c2)nc2ccccc21. The Morgan fingerprint density at radius 1 is 0.558 bits per heavy atom. The molecule has 11 rings (SSSR count).